The molecule has 1 aliphatic carbocycles. The van der Waals surface area contributed by atoms with Crippen molar-refractivity contribution in [1.29, 1.82) is 0 Å². The molecule has 3 nitrogen and oxygen atoms in total. The zero-order valence-corrected chi connectivity index (χ0v) is 11.5. The molecule has 0 aromatic heterocycles. The van der Waals surface area contributed by atoms with Crippen LogP contribution in [0.3, 0.4) is 0 Å². The first-order valence-electron chi connectivity index (χ1n) is 6.85. The molecule has 18 heavy (non-hydrogen) atoms. The molecule has 0 bridgehead atoms. The summed E-state index contributed by atoms with van der Waals surface area (Å²) in [6.07, 6.45) is 6.62. The number of carbonyl (C=O) groups is 2. The minimum atomic E-state index is -0.294. The predicted molar refractivity (Wildman–Crippen MR) is 71.1 cm³/mol. The molecule has 3 heteroatoms. The second kappa shape index (κ2) is 7.34. The third kappa shape index (κ3) is 5.48. The second-order valence-corrected chi connectivity index (χ2v) is 5.33. The second-order valence-electron chi connectivity index (χ2n) is 5.33. The standard InChI is InChI=1S/C15H24O3/c1-11(2)15(17)18-9-7-5-4-6-8-13-10-14(13)12(3)16/h13-14H,1,4-10H2,2-3H3/t13-,14-/m1/s1. The van der Waals surface area contributed by atoms with Crippen LogP contribution < -0.4 is 0 Å². The van der Waals surface area contributed by atoms with E-state index in [4.69, 9.17) is 4.74 Å². The van der Waals surface area contributed by atoms with Gasteiger partial charge in [0.15, 0.2) is 0 Å². The van der Waals surface area contributed by atoms with E-state index < -0.39 is 0 Å². The summed E-state index contributed by atoms with van der Waals surface area (Å²) in [5.41, 5.74) is 0.457. The van der Waals surface area contributed by atoms with E-state index in [9.17, 15) is 9.59 Å². The van der Waals surface area contributed by atoms with Crippen LogP contribution in [0.4, 0.5) is 0 Å². The van der Waals surface area contributed by atoms with Crippen molar-refractivity contribution < 1.29 is 14.3 Å². The van der Waals surface area contributed by atoms with Crippen molar-refractivity contribution in [2.75, 3.05) is 6.61 Å². The van der Waals surface area contributed by atoms with Crippen LogP contribution in [0, 0.1) is 11.8 Å². The van der Waals surface area contributed by atoms with Crippen LogP contribution in [0.5, 0.6) is 0 Å². The van der Waals surface area contributed by atoms with E-state index in [1.54, 1.807) is 13.8 Å². The molecule has 2 atom stereocenters. The van der Waals surface area contributed by atoms with E-state index in [1.807, 2.05) is 0 Å². The Bertz CT molecular complexity index is 320. The molecule has 102 valence electrons. The molecule has 1 fully saturated rings. The minimum Gasteiger partial charge on any atom is -0.462 e. The smallest absolute Gasteiger partial charge is 0.333 e. The highest BCUT2D eigenvalue weighted by Crippen LogP contribution is 2.42. The summed E-state index contributed by atoms with van der Waals surface area (Å²) < 4.78 is 5.01. The quantitative estimate of drug-likeness (QED) is 0.359. The van der Waals surface area contributed by atoms with Crippen molar-refractivity contribution in [3.05, 3.63) is 12.2 Å². The van der Waals surface area contributed by atoms with Gasteiger partial charge in [-0.2, -0.15) is 0 Å². The lowest BCUT2D eigenvalue weighted by molar-refractivity contribution is -0.139. The highest BCUT2D eigenvalue weighted by atomic mass is 16.5. The summed E-state index contributed by atoms with van der Waals surface area (Å²) in [6, 6.07) is 0. The molecule has 0 heterocycles. The maximum Gasteiger partial charge on any atom is 0.333 e. The van der Waals surface area contributed by atoms with E-state index in [-0.39, 0.29) is 5.97 Å². The first-order valence-corrected chi connectivity index (χ1v) is 6.85. The van der Waals surface area contributed by atoms with Gasteiger partial charge in [0.1, 0.15) is 5.78 Å². The number of carbonyl (C=O) groups excluding carboxylic acids is 2. The fourth-order valence-corrected chi connectivity index (χ4v) is 2.21. The zero-order valence-electron chi connectivity index (χ0n) is 11.5. The number of ether oxygens (including phenoxy) is 1. The molecule has 0 aliphatic heterocycles. The van der Waals surface area contributed by atoms with Crippen molar-refractivity contribution in [2.45, 2.75) is 52.4 Å². The van der Waals surface area contributed by atoms with E-state index in [0.29, 0.717) is 29.8 Å². The van der Waals surface area contributed by atoms with Crippen LogP contribution in [-0.2, 0) is 14.3 Å². The van der Waals surface area contributed by atoms with Crippen LogP contribution in [0.15, 0.2) is 12.2 Å². The lowest BCUT2D eigenvalue weighted by Crippen LogP contribution is -2.06. The van der Waals surface area contributed by atoms with Gasteiger partial charge in [-0.3, -0.25) is 4.79 Å². The highest BCUT2D eigenvalue weighted by Gasteiger charge is 2.39. The van der Waals surface area contributed by atoms with Crippen molar-refractivity contribution in [3.63, 3.8) is 0 Å². The molecule has 0 aromatic carbocycles. The topological polar surface area (TPSA) is 43.4 Å². The van der Waals surface area contributed by atoms with Crippen LogP contribution in [0.2, 0.25) is 0 Å². The number of ketones is 1. The summed E-state index contributed by atoms with van der Waals surface area (Å²) in [5.74, 6) is 1.08. The van der Waals surface area contributed by atoms with E-state index in [2.05, 4.69) is 6.58 Å². The zero-order chi connectivity index (χ0) is 13.5. The number of esters is 1. The van der Waals surface area contributed by atoms with Gasteiger partial charge < -0.3 is 4.74 Å². The fraction of sp³-hybridized carbons (Fsp3) is 0.733. The average Bonchev–Trinajstić information content (AvgIpc) is 3.07. The molecular formula is C15H24O3. The van der Waals surface area contributed by atoms with Gasteiger partial charge in [-0.15, -0.1) is 0 Å². The lowest BCUT2D eigenvalue weighted by Gasteiger charge is -2.04. The van der Waals surface area contributed by atoms with Crippen LogP contribution in [-0.4, -0.2) is 18.4 Å². The van der Waals surface area contributed by atoms with Crippen molar-refractivity contribution in [1.82, 2.24) is 0 Å². The Morgan fingerprint density at radius 2 is 1.83 bits per heavy atom. The minimum absolute atomic E-state index is 0.294. The molecule has 1 rings (SSSR count). The largest absolute Gasteiger partial charge is 0.462 e. The van der Waals surface area contributed by atoms with Gasteiger partial charge in [-0.1, -0.05) is 25.8 Å². The summed E-state index contributed by atoms with van der Waals surface area (Å²) in [5, 5.41) is 0. The Balaban J connectivity index is 1.87. The van der Waals surface area contributed by atoms with Crippen LogP contribution in [0.1, 0.15) is 52.4 Å². The maximum absolute atomic E-state index is 11.1. The van der Waals surface area contributed by atoms with Crippen molar-refractivity contribution >= 4 is 11.8 Å². The summed E-state index contributed by atoms with van der Waals surface area (Å²) in [4.78, 5) is 22.1. The van der Waals surface area contributed by atoms with E-state index >= 15 is 0 Å². The number of unbranched alkanes of at least 4 members (excludes halogenated alkanes) is 3. The normalized spacial score (nSPS) is 21.4. The van der Waals surface area contributed by atoms with Gasteiger partial charge in [0.2, 0.25) is 0 Å². The number of Topliss-reactive ketones (excluding diaryl/α,β-unsaturated/α-hetero) is 1. The molecule has 0 spiro atoms. The Kier molecular flexibility index (Phi) is 6.10. The molecule has 0 N–H and O–H groups in total. The molecule has 1 aliphatic rings. The molecular weight excluding hydrogens is 228 g/mol. The van der Waals surface area contributed by atoms with Gasteiger partial charge >= 0.3 is 5.97 Å². The molecule has 0 unspecified atom stereocenters. The first kappa shape index (κ1) is 14.9. The van der Waals surface area contributed by atoms with Gasteiger partial charge in [0.05, 0.1) is 6.61 Å². The van der Waals surface area contributed by atoms with E-state index in [1.165, 1.54) is 12.8 Å². The molecule has 0 radical (unpaired) electrons. The predicted octanol–water partition coefficient (Wildman–Crippen LogP) is 3.28. The molecule has 0 saturated heterocycles. The lowest BCUT2D eigenvalue weighted by atomic mass is 10.1. The monoisotopic (exact) mass is 252 g/mol. The third-order valence-electron chi connectivity index (χ3n) is 3.50. The Morgan fingerprint density at radius 1 is 1.17 bits per heavy atom. The number of hydrogen-bond donors (Lipinski definition) is 0. The van der Waals surface area contributed by atoms with Crippen molar-refractivity contribution in [2.24, 2.45) is 11.8 Å². The number of hydrogen-bond acceptors (Lipinski definition) is 3. The first-order chi connectivity index (χ1) is 8.52. The van der Waals surface area contributed by atoms with Crippen LogP contribution in [0.25, 0.3) is 0 Å². The SMILES string of the molecule is C=C(C)C(=O)OCCCCCC[C@@H]1C[C@@H]1C(C)=O. The summed E-state index contributed by atoms with van der Waals surface area (Å²) in [7, 11) is 0. The fourth-order valence-electron chi connectivity index (χ4n) is 2.21. The molecule has 0 amide bonds. The van der Waals surface area contributed by atoms with Crippen LogP contribution >= 0.6 is 0 Å². The van der Waals surface area contributed by atoms with Gasteiger partial charge in [-0.05, 0) is 39.0 Å². The van der Waals surface area contributed by atoms with Gasteiger partial charge in [0.25, 0.3) is 0 Å². The van der Waals surface area contributed by atoms with Gasteiger partial charge in [-0.25, -0.2) is 4.79 Å². The maximum atomic E-state index is 11.1. The average molecular weight is 252 g/mol. The molecule has 0 aromatic rings. The van der Waals surface area contributed by atoms with Gasteiger partial charge in [0, 0.05) is 11.5 Å². The molecule has 1 saturated carbocycles. The summed E-state index contributed by atoms with van der Waals surface area (Å²) in [6.45, 7) is 7.37. The van der Waals surface area contributed by atoms with E-state index in [0.717, 1.165) is 25.7 Å². The Labute approximate surface area is 110 Å². The highest BCUT2D eigenvalue weighted by molar-refractivity contribution is 5.86. The Hall–Kier alpha value is -1.12. The third-order valence-corrected chi connectivity index (χ3v) is 3.50. The number of rotatable bonds is 9. The summed E-state index contributed by atoms with van der Waals surface area (Å²) >= 11 is 0. The Morgan fingerprint density at radius 3 is 2.39 bits per heavy atom. The van der Waals surface area contributed by atoms with Crippen molar-refractivity contribution in [3.8, 4) is 0 Å².